The second-order valence-corrected chi connectivity index (χ2v) is 8.24. The number of hydrogen-bond acceptors (Lipinski definition) is 5. The van der Waals surface area contributed by atoms with Crippen LogP contribution in [0.3, 0.4) is 0 Å². The molecule has 0 radical (unpaired) electrons. The van der Waals surface area contributed by atoms with Gasteiger partial charge >= 0.3 is 0 Å². The van der Waals surface area contributed by atoms with Gasteiger partial charge in [0.15, 0.2) is 0 Å². The Kier molecular flexibility index (Phi) is 7.04. The largest absolute Gasteiger partial charge is 0.486 e. The molecule has 0 aliphatic carbocycles. The minimum absolute atomic E-state index is 0.0592. The third-order valence-electron chi connectivity index (χ3n) is 5.85. The molecule has 1 N–H and O–H groups in total. The van der Waals surface area contributed by atoms with Crippen LogP contribution >= 0.6 is 0 Å². The van der Waals surface area contributed by atoms with Gasteiger partial charge in [0, 0.05) is 63.3 Å². The Labute approximate surface area is 193 Å². The van der Waals surface area contributed by atoms with E-state index in [0.29, 0.717) is 30.0 Å². The number of aryl methyl sites for hydroxylation is 1. The van der Waals surface area contributed by atoms with Crippen LogP contribution in [0.5, 0.6) is 5.75 Å². The van der Waals surface area contributed by atoms with E-state index in [2.05, 4.69) is 22.2 Å². The van der Waals surface area contributed by atoms with Gasteiger partial charge in [-0.05, 0) is 49.0 Å². The van der Waals surface area contributed by atoms with Crippen LogP contribution in [0.2, 0.25) is 0 Å². The molecule has 1 aliphatic heterocycles. The topological polar surface area (TPSA) is 79.7 Å². The number of nitrogens with zero attached hydrogens (tertiary/aromatic N) is 4. The van der Waals surface area contributed by atoms with Gasteiger partial charge in [0.05, 0.1) is 0 Å². The van der Waals surface area contributed by atoms with Crippen LogP contribution in [-0.4, -0.2) is 64.4 Å². The van der Waals surface area contributed by atoms with Gasteiger partial charge in [-0.1, -0.05) is 12.1 Å². The summed E-state index contributed by atoms with van der Waals surface area (Å²) >= 11 is 0. The number of piperazine rings is 1. The van der Waals surface area contributed by atoms with Gasteiger partial charge in [0.1, 0.15) is 18.2 Å². The predicted molar refractivity (Wildman–Crippen MR) is 125 cm³/mol. The first-order valence-electron chi connectivity index (χ1n) is 11.0. The zero-order chi connectivity index (χ0) is 23.2. The summed E-state index contributed by atoms with van der Waals surface area (Å²) in [5.74, 6) is 1.40. The molecule has 0 bridgehead atoms. The highest BCUT2D eigenvalue weighted by Crippen LogP contribution is 2.14. The molecule has 2 heterocycles. The summed E-state index contributed by atoms with van der Waals surface area (Å²) in [4.78, 5) is 33.5. The van der Waals surface area contributed by atoms with Crippen LogP contribution in [0.4, 0.5) is 0 Å². The SMILES string of the molecule is CN1CCN(C(=O)c2ccc(CNC(=O)c3ccc(OCc4nccn4C)cc3)cc2)CC1. The van der Waals surface area contributed by atoms with Gasteiger partial charge in [-0.2, -0.15) is 0 Å². The van der Waals surface area contributed by atoms with Crippen LogP contribution in [0.15, 0.2) is 60.9 Å². The van der Waals surface area contributed by atoms with Crippen molar-refractivity contribution < 1.29 is 14.3 Å². The highest BCUT2D eigenvalue weighted by Gasteiger charge is 2.20. The molecule has 2 amide bonds. The smallest absolute Gasteiger partial charge is 0.253 e. The molecular formula is C25H29N5O3. The molecule has 1 aliphatic rings. The van der Waals surface area contributed by atoms with Crippen molar-refractivity contribution in [2.24, 2.45) is 7.05 Å². The Morgan fingerprint density at radius 2 is 1.61 bits per heavy atom. The second kappa shape index (κ2) is 10.3. The summed E-state index contributed by atoms with van der Waals surface area (Å²) in [5, 5.41) is 2.92. The highest BCUT2D eigenvalue weighted by molar-refractivity contribution is 5.95. The third-order valence-corrected chi connectivity index (χ3v) is 5.85. The fourth-order valence-electron chi connectivity index (χ4n) is 3.63. The first kappa shape index (κ1) is 22.5. The molecular weight excluding hydrogens is 418 g/mol. The lowest BCUT2D eigenvalue weighted by Gasteiger charge is -2.32. The lowest BCUT2D eigenvalue weighted by molar-refractivity contribution is 0.0664. The Hall–Kier alpha value is -3.65. The van der Waals surface area contributed by atoms with Crippen LogP contribution in [0.1, 0.15) is 32.1 Å². The lowest BCUT2D eigenvalue weighted by atomic mass is 10.1. The predicted octanol–water partition coefficient (Wildman–Crippen LogP) is 2.32. The van der Waals surface area contributed by atoms with Gasteiger partial charge in [0.2, 0.25) is 0 Å². The van der Waals surface area contributed by atoms with Crippen molar-refractivity contribution in [2.45, 2.75) is 13.2 Å². The number of nitrogens with one attached hydrogen (secondary N) is 1. The van der Waals surface area contributed by atoms with E-state index in [-0.39, 0.29) is 11.8 Å². The summed E-state index contributed by atoms with van der Waals surface area (Å²) < 4.78 is 7.63. The van der Waals surface area contributed by atoms with E-state index in [0.717, 1.165) is 37.6 Å². The number of amides is 2. The summed E-state index contributed by atoms with van der Waals surface area (Å²) in [6.07, 6.45) is 3.59. The summed E-state index contributed by atoms with van der Waals surface area (Å²) in [6.45, 7) is 4.04. The van der Waals surface area contributed by atoms with Gasteiger partial charge in [-0.25, -0.2) is 4.98 Å². The van der Waals surface area contributed by atoms with Crippen LogP contribution in [0.25, 0.3) is 0 Å². The minimum Gasteiger partial charge on any atom is -0.486 e. The number of ether oxygens (including phenoxy) is 1. The number of hydrogen-bond donors (Lipinski definition) is 1. The molecule has 1 aromatic heterocycles. The standard InChI is InChI=1S/C25H29N5O3/c1-28-13-15-30(16-14-28)25(32)21-5-3-19(4-6-21)17-27-24(31)20-7-9-22(10-8-20)33-18-23-26-11-12-29(23)2/h3-12H,13-18H2,1-2H3,(H,27,31). The average Bonchev–Trinajstić information content (AvgIpc) is 3.26. The first-order valence-corrected chi connectivity index (χ1v) is 11.0. The summed E-state index contributed by atoms with van der Waals surface area (Å²) in [5.41, 5.74) is 2.17. The van der Waals surface area contributed by atoms with Crippen LogP contribution in [-0.2, 0) is 20.2 Å². The number of imidazole rings is 1. The van der Waals surface area contributed by atoms with Gasteiger partial charge in [-0.3, -0.25) is 9.59 Å². The first-order chi connectivity index (χ1) is 16.0. The number of carbonyl (C=O) groups is 2. The van der Waals surface area contributed by atoms with E-state index < -0.39 is 0 Å². The summed E-state index contributed by atoms with van der Waals surface area (Å²) in [7, 11) is 3.98. The summed E-state index contributed by atoms with van der Waals surface area (Å²) in [6, 6.07) is 14.5. The van der Waals surface area contributed by atoms with Crippen molar-refractivity contribution >= 4 is 11.8 Å². The average molecular weight is 448 g/mol. The third kappa shape index (κ3) is 5.78. The molecule has 0 saturated carbocycles. The van der Waals surface area contributed by atoms with Crippen molar-refractivity contribution in [3.8, 4) is 5.75 Å². The minimum atomic E-state index is -0.164. The molecule has 1 saturated heterocycles. The number of carbonyl (C=O) groups excluding carboxylic acids is 2. The number of aromatic nitrogens is 2. The molecule has 3 aromatic rings. The maximum atomic E-state index is 12.6. The van der Waals surface area contributed by atoms with Gasteiger partial charge in [-0.15, -0.1) is 0 Å². The number of benzene rings is 2. The van der Waals surface area contributed by atoms with Crippen LogP contribution < -0.4 is 10.1 Å². The molecule has 0 unspecified atom stereocenters. The maximum absolute atomic E-state index is 12.6. The van der Waals surface area contributed by atoms with Crippen molar-refractivity contribution in [3.63, 3.8) is 0 Å². The number of likely N-dealkylation sites (N-methyl/N-ethyl adjacent to an activating group) is 1. The van der Waals surface area contributed by atoms with Crippen LogP contribution in [0, 0.1) is 0 Å². The maximum Gasteiger partial charge on any atom is 0.253 e. The van der Waals surface area contributed by atoms with Crippen molar-refractivity contribution in [2.75, 3.05) is 33.2 Å². The molecule has 8 nitrogen and oxygen atoms in total. The monoisotopic (exact) mass is 447 g/mol. The molecule has 0 atom stereocenters. The molecule has 172 valence electrons. The van der Waals surface area contributed by atoms with E-state index in [1.54, 1.807) is 30.5 Å². The van der Waals surface area contributed by atoms with Crippen molar-refractivity contribution in [1.82, 2.24) is 24.7 Å². The van der Waals surface area contributed by atoms with Gasteiger partial charge in [0.25, 0.3) is 11.8 Å². The molecule has 2 aromatic carbocycles. The van der Waals surface area contributed by atoms with E-state index in [4.69, 9.17) is 4.74 Å². The Balaban J connectivity index is 1.26. The zero-order valence-electron chi connectivity index (χ0n) is 19.0. The fourth-order valence-corrected chi connectivity index (χ4v) is 3.63. The van der Waals surface area contributed by atoms with Gasteiger partial charge < -0.3 is 24.4 Å². The van der Waals surface area contributed by atoms with Crippen molar-refractivity contribution in [1.29, 1.82) is 0 Å². The lowest BCUT2D eigenvalue weighted by Crippen LogP contribution is -2.47. The number of rotatable bonds is 7. The Morgan fingerprint density at radius 3 is 2.24 bits per heavy atom. The van der Waals surface area contributed by atoms with Crippen molar-refractivity contribution in [3.05, 3.63) is 83.4 Å². The highest BCUT2D eigenvalue weighted by atomic mass is 16.5. The fraction of sp³-hybridized carbons (Fsp3) is 0.320. The Bertz CT molecular complexity index is 1080. The van der Waals surface area contributed by atoms with E-state index >= 15 is 0 Å². The van der Waals surface area contributed by atoms with E-state index in [1.165, 1.54) is 0 Å². The quantitative estimate of drug-likeness (QED) is 0.601. The molecule has 8 heteroatoms. The second-order valence-electron chi connectivity index (χ2n) is 8.24. The van der Waals surface area contributed by atoms with E-state index in [9.17, 15) is 9.59 Å². The molecule has 4 rings (SSSR count). The molecule has 33 heavy (non-hydrogen) atoms. The Morgan fingerprint density at radius 1 is 0.939 bits per heavy atom. The normalized spacial score (nSPS) is 14.2. The molecule has 0 spiro atoms. The van der Waals surface area contributed by atoms with E-state index in [1.807, 2.05) is 47.0 Å². The zero-order valence-corrected chi connectivity index (χ0v) is 19.0. The molecule has 1 fully saturated rings.